The molecule has 0 aromatic heterocycles. The van der Waals surface area contributed by atoms with Gasteiger partial charge in [0, 0.05) is 19.1 Å². The molecule has 1 aromatic carbocycles. The molecule has 0 amide bonds. The Morgan fingerprint density at radius 2 is 1.95 bits per heavy atom. The number of methoxy groups -OCH3 is 1. The number of ether oxygens (including phenoxy) is 2. The standard InChI is InChI=1S/C15H24N2O2/c1-18-14-5-7-15(8-6-14)19-11-10-17-9-3-2-4-13(17)12-16/h5-8,13H,2-4,9-12,16H2,1H3. The van der Waals surface area contributed by atoms with Crippen molar-refractivity contribution in [3.05, 3.63) is 24.3 Å². The number of nitrogens with two attached hydrogens (primary N) is 1. The Morgan fingerprint density at radius 1 is 1.21 bits per heavy atom. The predicted molar refractivity (Wildman–Crippen MR) is 76.8 cm³/mol. The number of nitrogens with zero attached hydrogens (tertiary/aromatic N) is 1. The normalized spacial score (nSPS) is 20.2. The fourth-order valence-electron chi connectivity index (χ4n) is 2.57. The number of hydrogen-bond acceptors (Lipinski definition) is 4. The molecule has 2 N–H and O–H groups in total. The van der Waals surface area contributed by atoms with Gasteiger partial charge < -0.3 is 15.2 Å². The zero-order chi connectivity index (χ0) is 13.5. The van der Waals surface area contributed by atoms with Crippen molar-refractivity contribution < 1.29 is 9.47 Å². The second kappa shape index (κ2) is 7.36. The van der Waals surface area contributed by atoms with Gasteiger partial charge in [-0.3, -0.25) is 4.90 Å². The van der Waals surface area contributed by atoms with Crippen LogP contribution in [0, 0.1) is 0 Å². The van der Waals surface area contributed by atoms with Crippen LogP contribution in [0.2, 0.25) is 0 Å². The van der Waals surface area contributed by atoms with Crippen LogP contribution in [0.25, 0.3) is 0 Å². The highest BCUT2D eigenvalue weighted by Crippen LogP contribution is 2.18. The van der Waals surface area contributed by atoms with Crippen LogP contribution in [-0.2, 0) is 0 Å². The Labute approximate surface area is 115 Å². The minimum Gasteiger partial charge on any atom is -0.497 e. The van der Waals surface area contributed by atoms with Crippen LogP contribution in [0.5, 0.6) is 11.5 Å². The van der Waals surface area contributed by atoms with Crippen molar-refractivity contribution in [2.24, 2.45) is 5.73 Å². The van der Waals surface area contributed by atoms with Gasteiger partial charge in [-0.05, 0) is 43.7 Å². The van der Waals surface area contributed by atoms with E-state index < -0.39 is 0 Å². The molecule has 2 rings (SSSR count). The van der Waals surface area contributed by atoms with Gasteiger partial charge in [0.05, 0.1) is 7.11 Å². The van der Waals surface area contributed by atoms with Crippen molar-refractivity contribution in [2.45, 2.75) is 25.3 Å². The summed E-state index contributed by atoms with van der Waals surface area (Å²) >= 11 is 0. The van der Waals surface area contributed by atoms with Crippen molar-refractivity contribution in [1.29, 1.82) is 0 Å². The Morgan fingerprint density at radius 3 is 2.63 bits per heavy atom. The molecule has 1 fully saturated rings. The molecule has 1 aromatic rings. The van der Waals surface area contributed by atoms with Crippen LogP contribution in [0.3, 0.4) is 0 Å². The molecule has 4 heteroatoms. The van der Waals surface area contributed by atoms with E-state index in [9.17, 15) is 0 Å². The van der Waals surface area contributed by atoms with Crippen LogP contribution < -0.4 is 15.2 Å². The summed E-state index contributed by atoms with van der Waals surface area (Å²) in [6.45, 7) is 3.56. The average molecular weight is 264 g/mol. The monoisotopic (exact) mass is 264 g/mol. The van der Waals surface area contributed by atoms with Crippen molar-refractivity contribution in [3.8, 4) is 11.5 Å². The first kappa shape index (κ1) is 14.2. The maximum atomic E-state index is 5.81. The fourth-order valence-corrected chi connectivity index (χ4v) is 2.57. The lowest BCUT2D eigenvalue weighted by molar-refractivity contribution is 0.127. The molecule has 4 nitrogen and oxygen atoms in total. The summed E-state index contributed by atoms with van der Waals surface area (Å²) in [7, 11) is 1.67. The number of rotatable bonds is 6. The SMILES string of the molecule is COc1ccc(OCCN2CCCCC2CN)cc1. The van der Waals surface area contributed by atoms with E-state index in [-0.39, 0.29) is 0 Å². The van der Waals surface area contributed by atoms with Gasteiger partial charge in [0.15, 0.2) is 0 Å². The summed E-state index contributed by atoms with van der Waals surface area (Å²) in [6, 6.07) is 8.25. The number of benzene rings is 1. The third-order valence-electron chi connectivity index (χ3n) is 3.73. The van der Waals surface area contributed by atoms with E-state index in [2.05, 4.69) is 4.90 Å². The minimum absolute atomic E-state index is 0.535. The third kappa shape index (κ3) is 4.11. The molecule has 0 bridgehead atoms. The van der Waals surface area contributed by atoms with Crippen molar-refractivity contribution in [2.75, 3.05) is 33.4 Å². The lowest BCUT2D eigenvalue weighted by Gasteiger charge is -2.34. The number of hydrogen-bond donors (Lipinski definition) is 1. The topological polar surface area (TPSA) is 47.7 Å². The molecule has 1 atom stereocenters. The van der Waals surface area contributed by atoms with Gasteiger partial charge in [-0.1, -0.05) is 6.42 Å². The van der Waals surface area contributed by atoms with Gasteiger partial charge in [-0.15, -0.1) is 0 Å². The highest BCUT2D eigenvalue weighted by molar-refractivity contribution is 5.31. The van der Waals surface area contributed by atoms with Gasteiger partial charge >= 0.3 is 0 Å². The van der Waals surface area contributed by atoms with Gasteiger partial charge in [-0.2, -0.15) is 0 Å². The predicted octanol–water partition coefficient (Wildman–Crippen LogP) is 1.89. The van der Waals surface area contributed by atoms with Crippen LogP contribution in [0.4, 0.5) is 0 Å². The molecule has 0 saturated carbocycles. The van der Waals surface area contributed by atoms with E-state index in [4.69, 9.17) is 15.2 Å². The van der Waals surface area contributed by atoms with Gasteiger partial charge in [0.25, 0.3) is 0 Å². The van der Waals surface area contributed by atoms with Crippen LogP contribution in [-0.4, -0.2) is 44.3 Å². The van der Waals surface area contributed by atoms with Gasteiger partial charge in [0.1, 0.15) is 18.1 Å². The smallest absolute Gasteiger partial charge is 0.119 e. The van der Waals surface area contributed by atoms with E-state index in [1.165, 1.54) is 19.3 Å². The van der Waals surface area contributed by atoms with E-state index in [1.807, 2.05) is 24.3 Å². The minimum atomic E-state index is 0.535. The first-order valence-electron chi connectivity index (χ1n) is 7.04. The summed E-state index contributed by atoms with van der Waals surface area (Å²) in [5.74, 6) is 1.74. The summed E-state index contributed by atoms with van der Waals surface area (Å²) in [5, 5.41) is 0. The third-order valence-corrected chi connectivity index (χ3v) is 3.73. The summed E-state index contributed by atoms with van der Waals surface area (Å²) in [6.07, 6.45) is 3.80. The second-order valence-corrected chi connectivity index (χ2v) is 4.95. The van der Waals surface area contributed by atoms with Crippen molar-refractivity contribution in [3.63, 3.8) is 0 Å². The van der Waals surface area contributed by atoms with Crippen LogP contribution in [0.1, 0.15) is 19.3 Å². The number of piperidine rings is 1. The molecule has 1 aliphatic heterocycles. The maximum Gasteiger partial charge on any atom is 0.119 e. The Hall–Kier alpha value is -1.26. The van der Waals surface area contributed by atoms with Crippen LogP contribution >= 0.6 is 0 Å². The first-order valence-corrected chi connectivity index (χ1v) is 7.04. The van der Waals surface area contributed by atoms with E-state index in [1.54, 1.807) is 7.11 Å². The molecule has 0 aliphatic carbocycles. The van der Waals surface area contributed by atoms with E-state index in [0.717, 1.165) is 31.1 Å². The summed E-state index contributed by atoms with van der Waals surface area (Å²) in [4.78, 5) is 2.45. The quantitative estimate of drug-likeness (QED) is 0.852. The molecular weight excluding hydrogens is 240 g/mol. The first-order chi connectivity index (χ1) is 9.33. The van der Waals surface area contributed by atoms with Gasteiger partial charge in [0.2, 0.25) is 0 Å². The van der Waals surface area contributed by atoms with Gasteiger partial charge in [-0.25, -0.2) is 0 Å². The molecule has 19 heavy (non-hydrogen) atoms. The average Bonchev–Trinajstić information content (AvgIpc) is 2.48. The lowest BCUT2D eigenvalue weighted by atomic mass is 10.0. The molecular formula is C15H24N2O2. The summed E-state index contributed by atoms with van der Waals surface area (Å²) in [5.41, 5.74) is 5.81. The fraction of sp³-hybridized carbons (Fsp3) is 0.600. The second-order valence-electron chi connectivity index (χ2n) is 4.95. The molecule has 1 unspecified atom stereocenters. The molecule has 1 saturated heterocycles. The molecule has 0 spiro atoms. The number of likely N-dealkylation sites (tertiary alicyclic amines) is 1. The van der Waals surface area contributed by atoms with Crippen LogP contribution in [0.15, 0.2) is 24.3 Å². The van der Waals surface area contributed by atoms with Crippen molar-refractivity contribution >= 4 is 0 Å². The molecule has 106 valence electrons. The lowest BCUT2D eigenvalue weighted by Crippen LogP contribution is -2.45. The highest BCUT2D eigenvalue weighted by atomic mass is 16.5. The van der Waals surface area contributed by atoms with E-state index in [0.29, 0.717) is 12.6 Å². The zero-order valence-electron chi connectivity index (χ0n) is 11.7. The Kier molecular flexibility index (Phi) is 5.48. The van der Waals surface area contributed by atoms with E-state index >= 15 is 0 Å². The molecule has 1 aliphatic rings. The largest absolute Gasteiger partial charge is 0.497 e. The Balaban J connectivity index is 1.75. The van der Waals surface area contributed by atoms with Crippen molar-refractivity contribution in [1.82, 2.24) is 4.90 Å². The zero-order valence-corrected chi connectivity index (χ0v) is 11.7. The maximum absolute atomic E-state index is 5.81. The molecule has 0 radical (unpaired) electrons. The highest BCUT2D eigenvalue weighted by Gasteiger charge is 2.20. The summed E-state index contributed by atoms with van der Waals surface area (Å²) < 4.78 is 10.9. The molecule has 1 heterocycles. The Bertz CT molecular complexity index is 367.